The van der Waals surface area contributed by atoms with Crippen molar-refractivity contribution in [3.8, 4) is 11.5 Å². The summed E-state index contributed by atoms with van der Waals surface area (Å²) >= 11 is 0. The molecule has 0 fully saturated rings. The molecule has 4 nitrogen and oxygen atoms in total. The number of ether oxygens (including phenoxy) is 2. The monoisotopic (exact) mass is 211 g/mol. The third-order valence-corrected chi connectivity index (χ3v) is 2.41. The van der Waals surface area contributed by atoms with Crippen LogP contribution >= 0.6 is 0 Å². The van der Waals surface area contributed by atoms with Crippen molar-refractivity contribution in [2.45, 2.75) is 12.8 Å². The molecular weight excluding hydrogens is 194 g/mol. The highest BCUT2D eigenvalue weighted by molar-refractivity contribution is 5.64. The molecule has 0 amide bonds. The lowest BCUT2D eigenvalue weighted by Crippen LogP contribution is -2.03. The van der Waals surface area contributed by atoms with Crippen molar-refractivity contribution in [2.24, 2.45) is 0 Å². The molecule has 1 atom stereocenters. The van der Waals surface area contributed by atoms with Crippen LogP contribution in [0.3, 0.4) is 0 Å². The van der Waals surface area contributed by atoms with Gasteiger partial charge in [0.05, 0.1) is 14.2 Å². The Bertz CT molecular complexity index is 314. The molecule has 0 saturated carbocycles. The number of anilines is 1. The van der Waals surface area contributed by atoms with Crippen molar-refractivity contribution in [3.05, 3.63) is 17.7 Å². The van der Waals surface area contributed by atoms with Crippen molar-refractivity contribution < 1.29 is 14.6 Å². The quantitative estimate of drug-likeness (QED) is 0.738. The van der Waals surface area contributed by atoms with Gasteiger partial charge in [-0.2, -0.15) is 0 Å². The summed E-state index contributed by atoms with van der Waals surface area (Å²) in [7, 11) is 3.11. The third kappa shape index (κ3) is 2.33. The van der Waals surface area contributed by atoms with Crippen molar-refractivity contribution in [2.75, 3.05) is 26.6 Å². The number of nitrogens with two attached hydrogens (primary N) is 1. The molecule has 1 aromatic carbocycles. The highest BCUT2D eigenvalue weighted by Gasteiger charge is 2.12. The fraction of sp³-hybridized carbons (Fsp3) is 0.455. The van der Waals surface area contributed by atoms with Gasteiger partial charge in [0.15, 0.2) is 0 Å². The zero-order valence-electron chi connectivity index (χ0n) is 9.28. The van der Waals surface area contributed by atoms with Crippen molar-refractivity contribution >= 4 is 5.69 Å². The van der Waals surface area contributed by atoms with Crippen LogP contribution in [0.2, 0.25) is 0 Å². The Morgan fingerprint density at radius 1 is 1.27 bits per heavy atom. The van der Waals surface area contributed by atoms with Gasteiger partial charge in [0.1, 0.15) is 17.2 Å². The van der Waals surface area contributed by atoms with E-state index in [1.165, 1.54) is 0 Å². The molecular formula is C11H17NO3. The van der Waals surface area contributed by atoms with E-state index in [4.69, 9.17) is 20.3 Å². The predicted molar refractivity (Wildman–Crippen MR) is 59.5 cm³/mol. The first kappa shape index (κ1) is 11.7. The van der Waals surface area contributed by atoms with Gasteiger partial charge in [-0.05, 0) is 17.7 Å². The van der Waals surface area contributed by atoms with E-state index >= 15 is 0 Å². The number of nitrogen functional groups attached to an aromatic ring is 1. The fourth-order valence-corrected chi connectivity index (χ4v) is 1.35. The molecule has 84 valence electrons. The molecule has 0 aromatic heterocycles. The molecule has 0 heterocycles. The lowest BCUT2D eigenvalue weighted by Gasteiger charge is -2.15. The molecule has 1 rings (SSSR count). The van der Waals surface area contributed by atoms with Crippen LogP contribution in [0.5, 0.6) is 11.5 Å². The number of rotatable bonds is 4. The SMILES string of the molecule is COc1cc(C(C)CO)cc(OC)c1N. The zero-order valence-corrected chi connectivity index (χ0v) is 9.28. The first-order valence-electron chi connectivity index (χ1n) is 4.76. The van der Waals surface area contributed by atoms with E-state index in [1.54, 1.807) is 14.2 Å². The number of hydrogen-bond acceptors (Lipinski definition) is 4. The maximum Gasteiger partial charge on any atom is 0.145 e. The van der Waals surface area contributed by atoms with E-state index in [2.05, 4.69) is 0 Å². The van der Waals surface area contributed by atoms with Crippen LogP contribution in [0, 0.1) is 0 Å². The van der Waals surface area contributed by atoms with E-state index in [0.29, 0.717) is 17.2 Å². The van der Waals surface area contributed by atoms with Crippen LogP contribution in [-0.4, -0.2) is 25.9 Å². The summed E-state index contributed by atoms with van der Waals surface area (Å²) in [5.41, 5.74) is 7.23. The number of methoxy groups -OCH3 is 2. The van der Waals surface area contributed by atoms with Gasteiger partial charge in [-0.1, -0.05) is 6.92 Å². The van der Waals surface area contributed by atoms with Gasteiger partial charge in [0, 0.05) is 12.5 Å². The second kappa shape index (κ2) is 4.89. The van der Waals surface area contributed by atoms with Gasteiger partial charge < -0.3 is 20.3 Å². The maximum atomic E-state index is 9.07. The van der Waals surface area contributed by atoms with Crippen LogP contribution in [0.15, 0.2) is 12.1 Å². The third-order valence-electron chi connectivity index (χ3n) is 2.41. The van der Waals surface area contributed by atoms with E-state index in [1.807, 2.05) is 19.1 Å². The Labute approximate surface area is 89.6 Å². The minimum absolute atomic E-state index is 0.0356. The summed E-state index contributed by atoms with van der Waals surface area (Å²) in [5, 5.41) is 9.07. The zero-order chi connectivity index (χ0) is 11.4. The van der Waals surface area contributed by atoms with E-state index in [0.717, 1.165) is 5.56 Å². The molecule has 0 aliphatic rings. The maximum absolute atomic E-state index is 9.07. The lowest BCUT2D eigenvalue weighted by atomic mass is 10.0. The van der Waals surface area contributed by atoms with Gasteiger partial charge in [-0.25, -0.2) is 0 Å². The molecule has 0 aliphatic carbocycles. The van der Waals surface area contributed by atoms with Gasteiger partial charge in [0.25, 0.3) is 0 Å². The molecule has 0 radical (unpaired) electrons. The van der Waals surface area contributed by atoms with Crippen molar-refractivity contribution in [3.63, 3.8) is 0 Å². The molecule has 15 heavy (non-hydrogen) atoms. The average molecular weight is 211 g/mol. The Balaban J connectivity index is 3.20. The number of hydrogen-bond donors (Lipinski definition) is 2. The van der Waals surface area contributed by atoms with E-state index < -0.39 is 0 Å². The normalized spacial score (nSPS) is 12.3. The topological polar surface area (TPSA) is 64.7 Å². The van der Waals surface area contributed by atoms with Gasteiger partial charge in [-0.15, -0.1) is 0 Å². The van der Waals surface area contributed by atoms with Crippen LogP contribution in [0.25, 0.3) is 0 Å². The average Bonchev–Trinajstić information content (AvgIpc) is 2.28. The van der Waals surface area contributed by atoms with Gasteiger partial charge >= 0.3 is 0 Å². The lowest BCUT2D eigenvalue weighted by molar-refractivity contribution is 0.272. The van der Waals surface area contributed by atoms with E-state index in [-0.39, 0.29) is 12.5 Å². The molecule has 3 N–H and O–H groups in total. The van der Waals surface area contributed by atoms with E-state index in [9.17, 15) is 0 Å². The number of aliphatic hydroxyl groups excluding tert-OH is 1. The molecule has 0 saturated heterocycles. The number of benzene rings is 1. The fourth-order valence-electron chi connectivity index (χ4n) is 1.35. The smallest absolute Gasteiger partial charge is 0.145 e. The van der Waals surface area contributed by atoms with Crippen LogP contribution in [0.1, 0.15) is 18.4 Å². The molecule has 0 aliphatic heterocycles. The molecule has 4 heteroatoms. The molecule has 1 unspecified atom stereocenters. The standard InChI is InChI=1S/C11H17NO3/c1-7(6-13)8-4-9(14-2)11(12)10(5-8)15-3/h4-5,7,13H,6,12H2,1-3H3. The summed E-state index contributed by atoms with van der Waals surface area (Å²) in [6.07, 6.45) is 0. The minimum Gasteiger partial charge on any atom is -0.494 e. The highest BCUT2D eigenvalue weighted by Crippen LogP contribution is 2.35. The first-order valence-corrected chi connectivity index (χ1v) is 4.76. The second-order valence-corrected chi connectivity index (χ2v) is 3.42. The summed E-state index contributed by atoms with van der Waals surface area (Å²) < 4.78 is 10.3. The first-order chi connectivity index (χ1) is 7.13. The molecule has 0 bridgehead atoms. The Morgan fingerprint density at radius 3 is 2.07 bits per heavy atom. The molecule has 0 spiro atoms. The molecule has 1 aromatic rings. The predicted octanol–water partition coefficient (Wildman–Crippen LogP) is 1.38. The summed E-state index contributed by atoms with van der Waals surface area (Å²) in [6.45, 7) is 2.00. The van der Waals surface area contributed by atoms with Gasteiger partial charge in [0.2, 0.25) is 0 Å². The highest BCUT2D eigenvalue weighted by atomic mass is 16.5. The summed E-state index contributed by atoms with van der Waals surface area (Å²) in [6, 6.07) is 3.64. The minimum atomic E-state index is 0.0356. The Kier molecular flexibility index (Phi) is 3.80. The second-order valence-electron chi connectivity index (χ2n) is 3.42. The van der Waals surface area contributed by atoms with Crippen molar-refractivity contribution in [1.29, 1.82) is 0 Å². The number of aliphatic hydroxyl groups is 1. The van der Waals surface area contributed by atoms with Crippen LogP contribution in [-0.2, 0) is 0 Å². The largest absolute Gasteiger partial charge is 0.494 e. The summed E-state index contributed by atoms with van der Waals surface area (Å²) in [4.78, 5) is 0. The van der Waals surface area contributed by atoms with Gasteiger partial charge in [-0.3, -0.25) is 0 Å². The van der Waals surface area contributed by atoms with Crippen LogP contribution < -0.4 is 15.2 Å². The Hall–Kier alpha value is -1.42. The Morgan fingerprint density at radius 2 is 1.73 bits per heavy atom. The summed E-state index contributed by atoms with van der Waals surface area (Å²) in [5.74, 6) is 1.18. The van der Waals surface area contributed by atoms with Crippen molar-refractivity contribution in [1.82, 2.24) is 0 Å². The van der Waals surface area contributed by atoms with Crippen LogP contribution in [0.4, 0.5) is 5.69 Å².